The SMILES string of the molecule is CCCN(CC1CC(c2ccc(OC)cc2)=NO1)C(=O)CC. The lowest BCUT2D eigenvalue weighted by molar-refractivity contribution is -0.132. The van der Waals surface area contributed by atoms with E-state index in [9.17, 15) is 4.79 Å². The van der Waals surface area contributed by atoms with E-state index < -0.39 is 0 Å². The van der Waals surface area contributed by atoms with E-state index in [4.69, 9.17) is 9.57 Å². The van der Waals surface area contributed by atoms with Crippen LogP contribution in [0.5, 0.6) is 5.75 Å². The fourth-order valence-electron chi connectivity index (χ4n) is 2.54. The highest BCUT2D eigenvalue weighted by molar-refractivity contribution is 6.01. The number of rotatable bonds is 7. The summed E-state index contributed by atoms with van der Waals surface area (Å²) >= 11 is 0. The van der Waals surface area contributed by atoms with E-state index >= 15 is 0 Å². The maximum atomic E-state index is 11.9. The number of carbonyl (C=O) groups excluding carboxylic acids is 1. The van der Waals surface area contributed by atoms with Gasteiger partial charge in [-0.1, -0.05) is 19.0 Å². The normalized spacial score (nSPS) is 16.9. The summed E-state index contributed by atoms with van der Waals surface area (Å²) in [6, 6.07) is 7.78. The Hall–Kier alpha value is -2.04. The Morgan fingerprint density at radius 2 is 2.09 bits per heavy atom. The predicted molar refractivity (Wildman–Crippen MR) is 86.2 cm³/mol. The summed E-state index contributed by atoms with van der Waals surface area (Å²) < 4.78 is 5.16. The van der Waals surface area contributed by atoms with E-state index in [2.05, 4.69) is 12.1 Å². The van der Waals surface area contributed by atoms with Crippen molar-refractivity contribution in [1.29, 1.82) is 0 Å². The zero-order valence-corrected chi connectivity index (χ0v) is 13.5. The van der Waals surface area contributed by atoms with Crippen molar-refractivity contribution >= 4 is 11.6 Å². The molecule has 1 heterocycles. The number of nitrogens with zero attached hydrogens (tertiary/aromatic N) is 2. The molecule has 1 atom stereocenters. The summed E-state index contributed by atoms with van der Waals surface area (Å²) in [7, 11) is 1.65. The summed E-state index contributed by atoms with van der Waals surface area (Å²) in [5.41, 5.74) is 1.96. The molecule has 0 aromatic heterocycles. The molecule has 0 radical (unpaired) electrons. The fraction of sp³-hybridized carbons (Fsp3) is 0.529. The zero-order valence-electron chi connectivity index (χ0n) is 13.5. The number of hydrogen-bond donors (Lipinski definition) is 0. The predicted octanol–water partition coefficient (Wildman–Crippen LogP) is 2.84. The minimum atomic E-state index is -0.0563. The summed E-state index contributed by atoms with van der Waals surface area (Å²) in [5, 5.41) is 4.18. The van der Waals surface area contributed by atoms with Gasteiger partial charge in [0, 0.05) is 19.4 Å². The molecule has 0 saturated carbocycles. The number of methoxy groups -OCH3 is 1. The van der Waals surface area contributed by atoms with Gasteiger partial charge in [0.1, 0.15) is 5.75 Å². The molecule has 5 nitrogen and oxygen atoms in total. The maximum Gasteiger partial charge on any atom is 0.222 e. The van der Waals surface area contributed by atoms with Crippen LogP contribution in [0.25, 0.3) is 0 Å². The summed E-state index contributed by atoms with van der Waals surface area (Å²) in [4.78, 5) is 19.3. The molecular formula is C17H24N2O3. The average molecular weight is 304 g/mol. The van der Waals surface area contributed by atoms with Gasteiger partial charge in [0.05, 0.1) is 19.4 Å². The molecule has 0 bridgehead atoms. The molecule has 1 aromatic carbocycles. The molecule has 1 aliphatic rings. The van der Waals surface area contributed by atoms with Crippen LogP contribution < -0.4 is 4.74 Å². The van der Waals surface area contributed by atoms with Gasteiger partial charge >= 0.3 is 0 Å². The van der Waals surface area contributed by atoms with Crippen LogP contribution in [0.3, 0.4) is 0 Å². The van der Waals surface area contributed by atoms with Gasteiger partial charge in [-0.3, -0.25) is 4.79 Å². The molecule has 1 aliphatic heterocycles. The van der Waals surface area contributed by atoms with Crippen molar-refractivity contribution in [2.45, 2.75) is 39.2 Å². The lowest BCUT2D eigenvalue weighted by atomic mass is 10.0. The second-order valence-corrected chi connectivity index (χ2v) is 5.39. The van der Waals surface area contributed by atoms with Gasteiger partial charge in [0.25, 0.3) is 0 Å². The van der Waals surface area contributed by atoms with Crippen molar-refractivity contribution in [3.05, 3.63) is 29.8 Å². The molecule has 22 heavy (non-hydrogen) atoms. The highest BCUT2D eigenvalue weighted by Gasteiger charge is 2.25. The summed E-state index contributed by atoms with van der Waals surface area (Å²) in [6.45, 7) is 5.33. The monoisotopic (exact) mass is 304 g/mol. The van der Waals surface area contributed by atoms with Crippen molar-refractivity contribution in [3.63, 3.8) is 0 Å². The molecule has 1 amide bonds. The van der Waals surface area contributed by atoms with Crippen molar-refractivity contribution in [2.24, 2.45) is 5.16 Å². The minimum absolute atomic E-state index is 0.0563. The molecule has 5 heteroatoms. The Labute approximate surface area is 131 Å². The molecule has 0 aliphatic carbocycles. The van der Waals surface area contributed by atoms with Gasteiger partial charge in [0.15, 0.2) is 6.10 Å². The Morgan fingerprint density at radius 1 is 1.36 bits per heavy atom. The number of amides is 1. The molecule has 0 fully saturated rings. The Kier molecular flexibility index (Phi) is 5.81. The van der Waals surface area contributed by atoms with Crippen molar-refractivity contribution in [2.75, 3.05) is 20.2 Å². The van der Waals surface area contributed by atoms with Gasteiger partial charge < -0.3 is 14.5 Å². The third-order valence-electron chi connectivity index (χ3n) is 3.73. The average Bonchev–Trinajstić information content (AvgIpc) is 3.02. The van der Waals surface area contributed by atoms with E-state index in [0.717, 1.165) is 36.4 Å². The maximum absolute atomic E-state index is 11.9. The standard InChI is InChI=1S/C17H24N2O3/c1-4-10-19(17(20)5-2)12-15-11-16(18-22-15)13-6-8-14(21-3)9-7-13/h6-9,15H,4-5,10-12H2,1-3H3. The lowest BCUT2D eigenvalue weighted by Crippen LogP contribution is -2.37. The van der Waals surface area contributed by atoms with Crippen LogP contribution in [-0.4, -0.2) is 42.8 Å². The van der Waals surface area contributed by atoms with Crippen LogP contribution in [0.2, 0.25) is 0 Å². The number of ether oxygens (including phenoxy) is 1. The Bertz CT molecular complexity index is 525. The number of benzene rings is 1. The van der Waals surface area contributed by atoms with E-state index in [1.165, 1.54) is 0 Å². The van der Waals surface area contributed by atoms with Crippen LogP contribution in [0, 0.1) is 0 Å². The van der Waals surface area contributed by atoms with Gasteiger partial charge in [0.2, 0.25) is 5.91 Å². The second-order valence-electron chi connectivity index (χ2n) is 5.39. The van der Waals surface area contributed by atoms with Gasteiger partial charge in [-0.05, 0) is 36.2 Å². The second kappa shape index (κ2) is 7.82. The fourth-order valence-corrected chi connectivity index (χ4v) is 2.54. The summed E-state index contributed by atoms with van der Waals surface area (Å²) in [6.07, 6.45) is 2.15. The summed E-state index contributed by atoms with van der Waals surface area (Å²) in [5.74, 6) is 0.992. The number of carbonyl (C=O) groups is 1. The smallest absolute Gasteiger partial charge is 0.222 e. The quantitative estimate of drug-likeness (QED) is 0.778. The van der Waals surface area contributed by atoms with Gasteiger partial charge in [-0.25, -0.2) is 0 Å². The van der Waals surface area contributed by atoms with Crippen molar-refractivity contribution in [3.8, 4) is 5.75 Å². The Morgan fingerprint density at radius 3 is 2.68 bits per heavy atom. The molecule has 1 aromatic rings. The minimum Gasteiger partial charge on any atom is -0.497 e. The van der Waals surface area contributed by atoms with Crippen LogP contribution in [0.15, 0.2) is 29.4 Å². The topological polar surface area (TPSA) is 51.1 Å². The van der Waals surface area contributed by atoms with Crippen LogP contribution in [-0.2, 0) is 9.63 Å². The van der Waals surface area contributed by atoms with Gasteiger partial charge in [-0.15, -0.1) is 0 Å². The molecular weight excluding hydrogens is 280 g/mol. The molecule has 0 N–H and O–H groups in total. The molecule has 120 valence electrons. The molecule has 0 saturated heterocycles. The van der Waals surface area contributed by atoms with E-state index in [-0.39, 0.29) is 12.0 Å². The van der Waals surface area contributed by atoms with E-state index in [0.29, 0.717) is 13.0 Å². The number of hydrogen-bond acceptors (Lipinski definition) is 4. The van der Waals surface area contributed by atoms with Crippen molar-refractivity contribution in [1.82, 2.24) is 4.90 Å². The zero-order chi connectivity index (χ0) is 15.9. The highest BCUT2D eigenvalue weighted by atomic mass is 16.6. The first-order chi connectivity index (χ1) is 10.7. The van der Waals surface area contributed by atoms with Crippen LogP contribution >= 0.6 is 0 Å². The van der Waals surface area contributed by atoms with E-state index in [1.54, 1.807) is 7.11 Å². The van der Waals surface area contributed by atoms with E-state index in [1.807, 2.05) is 36.1 Å². The molecule has 1 unspecified atom stereocenters. The Balaban J connectivity index is 1.94. The largest absolute Gasteiger partial charge is 0.497 e. The first kappa shape index (κ1) is 16.3. The molecule has 2 rings (SSSR count). The van der Waals surface area contributed by atoms with Crippen LogP contribution in [0.4, 0.5) is 0 Å². The highest BCUT2D eigenvalue weighted by Crippen LogP contribution is 2.20. The van der Waals surface area contributed by atoms with Crippen LogP contribution in [0.1, 0.15) is 38.7 Å². The third kappa shape index (κ3) is 4.00. The van der Waals surface area contributed by atoms with Crippen molar-refractivity contribution < 1.29 is 14.4 Å². The third-order valence-corrected chi connectivity index (χ3v) is 3.73. The lowest BCUT2D eigenvalue weighted by Gasteiger charge is -2.23. The van der Waals surface area contributed by atoms with Gasteiger partial charge in [-0.2, -0.15) is 0 Å². The molecule has 0 spiro atoms. The first-order valence-electron chi connectivity index (χ1n) is 7.82. The first-order valence-corrected chi connectivity index (χ1v) is 7.82. The number of oxime groups is 1.